The van der Waals surface area contributed by atoms with E-state index in [-0.39, 0.29) is 23.6 Å². The van der Waals surface area contributed by atoms with Crippen LogP contribution in [-0.4, -0.2) is 43.6 Å². The molecule has 3 aliphatic rings. The molecule has 10 bridgehead atoms. The highest BCUT2D eigenvalue weighted by atomic mass is 16.2. The monoisotopic (exact) mass is 1010 g/mol. The molecule has 6 N–H and O–H groups in total. The highest BCUT2D eigenvalue weighted by Gasteiger charge is 2.27. The summed E-state index contributed by atoms with van der Waals surface area (Å²) in [6.45, 7) is 11.3. The summed E-state index contributed by atoms with van der Waals surface area (Å²) in [5.41, 5.74) is 12.5. The normalized spacial score (nSPS) is 14.3. The standard InChI is InChI=1S/C64H64N8O4/c1-63(2,3)61(75)71-45-27-19-15-23-41(45)59-51-35-31-47(65-51)57-39-21-13-17-25-43(39)69-55(73)29-11-9-7-8-10-12-30-56(74)70-44-26-18-14-22-40(44)58(48-32-36-52(59)66-48)50-34-38-54(68-50)60(53-37-33-49(57)67-53)42-24-16-20-28-46(42)72-62(76)64(4,5)6/h13-28,31-38,65,68H,7-12,29-30H2,1-6H3,(H,69,73)(H,70,74)(H,71,75)(H,72,76). The molecule has 0 saturated heterocycles. The smallest absolute Gasteiger partial charge is 0.229 e. The molecule has 0 saturated carbocycles. The third-order valence-corrected chi connectivity index (χ3v) is 14.0. The Bertz CT molecular complexity index is 3440. The van der Waals surface area contributed by atoms with E-state index in [0.29, 0.717) is 69.4 Å². The Kier molecular flexibility index (Phi) is 14.3. The Hall–Kier alpha value is -8.64. The predicted octanol–water partition coefficient (Wildman–Crippen LogP) is 15.3. The van der Waals surface area contributed by atoms with Gasteiger partial charge in [0.2, 0.25) is 23.6 Å². The van der Waals surface area contributed by atoms with E-state index in [1.54, 1.807) is 0 Å². The number of nitrogens with zero attached hydrogens (tertiary/aromatic N) is 2. The summed E-state index contributed by atoms with van der Waals surface area (Å²) in [6.07, 6.45) is 13.9. The van der Waals surface area contributed by atoms with Crippen molar-refractivity contribution in [1.82, 2.24) is 19.9 Å². The number of carbonyl (C=O) groups excluding carboxylic acids is 4. The van der Waals surface area contributed by atoms with E-state index in [0.717, 1.165) is 94.1 Å². The lowest BCUT2D eigenvalue weighted by Crippen LogP contribution is -2.27. The third kappa shape index (κ3) is 10.8. The Morgan fingerprint density at radius 1 is 0.408 bits per heavy atom. The quantitative estimate of drug-likeness (QED) is 0.102. The molecule has 384 valence electrons. The zero-order chi connectivity index (χ0) is 53.1. The number of nitrogens with one attached hydrogen (secondary N) is 6. The van der Waals surface area contributed by atoms with Crippen molar-refractivity contribution in [2.24, 2.45) is 10.8 Å². The molecule has 0 fully saturated rings. The van der Waals surface area contributed by atoms with E-state index in [4.69, 9.17) is 9.97 Å². The lowest BCUT2D eigenvalue weighted by Gasteiger charge is -2.20. The second-order valence-corrected chi connectivity index (χ2v) is 21.8. The van der Waals surface area contributed by atoms with Gasteiger partial charge in [-0.25, -0.2) is 9.97 Å². The van der Waals surface area contributed by atoms with E-state index in [1.807, 2.05) is 187 Å². The molecule has 12 heteroatoms. The predicted molar refractivity (Wildman–Crippen MR) is 311 cm³/mol. The summed E-state index contributed by atoms with van der Waals surface area (Å²) in [5.74, 6) is -0.451. The summed E-state index contributed by atoms with van der Waals surface area (Å²) in [6, 6.07) is 39.2. The first-order chi connectivity index (χ1) is 36.6. The van der Waals surface area contributed by atoms with Gasteiger partial charge in [-0.1, -0.05) is 140 Å². The van der Waals surface area contributed by atoms with Gasteiger partial charge in [0, 0.05) is 113 Å². The van der Waals surface area contributed by atoms with Crippen LogP contribution < -0.4 is 21.3 Å². The highest BCUT2D eigenvalue weighted by molar-refractivity contribution is 6.08. The fraction of sp³-hybridized carbons (Fsp3) is 0.250. The zero-order valence-electron chi connectivity index (χ0n) is 44.0. The van der Waals surface area contributed by atoms with Crippen molar-refractivity contribution in [3.8, 4) is 44.5 Å². The second kappa shape index (κ2) is 21.3. The molecule has 4 aromatic carbocycles. The van der Waals surface area contributed by atoms with Gasteiger partial charge < -0.3 is 31.2 Å². The Morgan fingerprint density at radius 2 is 0.711 bits per heavy atom. The van der Waals surface area contributed by atoms with Crippen molar-refractivity contribution in [3.63, 3.8) is 0 Å². The molecule has 76 heavy (non-hydrogen) atoms. The maximum absolute atomic E-state index is 13.9. The lowest BCUT2D eigenvalue weighted by molar-refractivity contribution is -0.123. The number of hydrogen-bond acceptors (Lipinski definition) is 6. The summed E-state index contributed by atoms with van der Waals surface area (Å²) in [5, 5.41) is 13.0. The number of H-pyrrole nitrogens is 2. The van der Waals surface area contributed by atoms with Crippen molar-refractivity contribution in [2.45, 2.75) is 92.9 Å². The third-order valence-electron chi connectivity index (χ3n) is 14.0. The van der Waals surface area contributed by atoms with E-state index >= 15 is 0 Å². The van der Waals surface area contributed by atoms with Gasteiger partial charge in [0.05, 0.1) is 22.8 Å². The van der Waals surface area contributed by atoms with Crippen LogP contribution in [0.1, 0.15) is 116 Å². The van der Waals surface area contributed by atoms with Crippen LogP contribution in [0.15, 0.2) is 121 Å². The molecule has 0 unspecified atom stereocenters. The second-order valence-electron chi connectivity index (χ2n) is 21.8. The Balaban J connectivity index is 1.37. The van der Waals surface area contributed by atoms with Crippen molar-refractivity contribution in [3.05, 3.63) is 144 Å². The Morgan fingerprint density at radius 3 is 1.07 bits per heavy atom. The van der Waals surface area contributed by atoms with Crippen LogP contribution in [0, 0.1) is 10.8 Å². The number of amides is 4. The molecule has 3 aromatic heterocycles. The van der Waals surface area contributed by atoms with Crippen LogP contribution >= 0.6 is 0 Å². The van der Waals surface area contributed by atoms with Gasteiger partial charge in [-0.2, -0.15) is 0 Å². The number of aromatic amines is 2. The molecular weight excluding hydrogens is 945 g/mol. The van der Waals surface area contributed by atoms with Crippen molar-refractivity contribution < 1.29 is 19.2 Å². The minimum Gasteiger partial charge on any atom is -0.354 e. The van der Waals surface area contributed by atoms with Crippen LogP contribution in [0.5, 0.6) is 0 Å². The Labute approximate surface area is 443 Å². The fourth-order valence-corrected chi connectivity index (χ4v) is 9.90. The molecule has 3 aliphatic heterocycles. The maximum Gasteiger partial charge on any atom is 0.229 e. The van der Waals surface area contributed by atoms with Gasteiger partial charge in [-0.15, -0.1) is 0 Å². The molecule has 4 amide bonds. The molecule has 10 rings (SSSR count). The molecule has 0 spiro atoms. The largest absolute Gasteiger partial charge is 0.354 e. The first kappa shape index (κ1) is 50.9. The van der Waals surface area contributed by atoms with Gasteiger partial charge in [0.15, 0.2) is 0 Å². The summed E-state index contributed by atoms with van der Waals surface area (Å²) in [4.78, 5) is 74.0. The number of para-hydroxylation sites is 4. The van der Waals surface area contributed by atoms with Crippen LogP contribution in [0.25, 0.3) is 90.9 Å². The molecule has 0 radical (unpaired) electrons. The maximum atomic E-state index is 13.9. The van der Waals surface area contributed by atoms with E-state index < -0.39 is 10.8 Å². The minimum absolute atomic E-state index is 0.0852. The highest BCUT2D eigenvalue weighted by Crippen LogP contribution is 2.43. The van der Waals surface area contributed by atoms with Crippen LogP contribution in [0.2, 0.25) is 0 Å². The molecule has 0 aliphatic carbocycles. The zero-order valence-corrected chi connectivity index (χ0v) is 44.0. The number of anilines is 4. The minimum atomic E-state index is -0.681. The van der Waals surface area contributed by atoms with Gasteiger partial charge >= 0.3 is 0 Å². The van der Waals surface area contributed by atoms with Crippen molar-refractivity contribution in [2.75, 3.05) is 21.3 Å². The molecular formula is C64H64N8O4. The van der Waals surface area contributed by atoms with Gasteiger partial charge in [0.25, 0.3) is 0 Å². The average Bonchev–Trinajstić information content (AvgIpc) is 4.26. The van der Waals surface area contributed by atoms with Gasteiger partial charge in [0.1, 0.15) is 0 Å². The van der Waals surface area contributed by atoms with E-state index in [9.17, 15) is 19.2 Å². The SMILES string of the molecule is CC(C)(C)C(=O)Nc1ccccc1-c1c2nc(c3c4ccc([nH]4)c(-c4ccccc4NC(=O)C(C)(C)C)c4nc(c(c5ccc1[nH]5)-c1ccccc1NC(=O)CCCCCCCCC(=O)Nc1ccccc1-3)C=C4)C=C2. The molecule has 12 nitrogen and oxygen atoms in total. The van der Waals surface area contributed by atoms with Crippen LogP contribution in [0.3, 0.4) is 0 Å². The number of benzene rings is 4. The number of hydrogen-bond donors (Lipinski definition) is 6. The molecule has 7 aromatic rings. The molecule has 6 heterocycles. The van der Waals surface area contributed by atoms with Crippen LogP contribution in [-0.2, 0) is 19.2 Å². The van der Waals surface area contributed by atoms with Crippen LogP contribution in [0.4, 0.5) is 22.7 Å². The number of aromatic nitrogens is 4. The first-order valence-corrected chi connectivity index (χ1v) is 26.4. The van der Waals surface area contributed by atoms with Crippen molar-refractivity contribution in [1.29, 1.82) is 0 Å². The number of fused-ring (bicyclic) bond motifs is 10. The van der Waals surface area contributed by atoms with Crippen molar-refractivity contribution >= 4 is 92.7 Å². The first-order valence-electron chi connectivity index (χ1n) is 26.4. The van der Waals surface area contributed by atoms with E-state index in [2.05, 4.69) is 31.2 Å². The number of carbonyl (C=O) groups is 4. The number of rotatable bonds is 4. The fourth-order valence-electron chi connectivity index (χ4n) is 9.90. The van der Waals surface area contributed by atoms with Gasteiger partial charge in [-0.3, -0.25) is 19.2 Å². The summed E-state index contributed by atoms with van der Waals surface area (Å²) in [7, 11) is 0. The summed E-state index contributed by atoms with van der Waals surface area (Å²) >= 11 is 0. The topological polar surface area (TPSA) is 174 Å². The summed E-state index contributed by atoms with van der Waals surface area (Å²) < 4.78 is 0. The lowest BCUT2D eigenvalue weighted by atomic mass is 9.94. The average molecular weight is 1010 g/mol. The van der Waals surface area contributed by atoms with E-state index in [1.165, 1.54) is 0 Å². The van der Waals surface area contributed by atoms with Gasteiger partial charge in [-0.05, 0) is 85.7 Å². The molecule has 0 atom stereocenters.